The second-order valence-electron chi connectivity index (χ2n) is 5.83. The number of hydrogen-bond acceptors (Lipinski definition) is 1. The van der Waals surface area contributed by atoms with E-state index >= 15 is 0 Å². The highest BCUT2D eigenvalue weighted by Crippen LogP contribution is 2.22. The van der Waals surface area contributed by atoms with E-state index in [4.69, 9.17) is 0 Å². The summed E-state index contributed by atoms with van der Waals surface area (Å²) in [5.41, 5.74) is 3.91. The third-order valence-electron chi connectivity index (χ3n) is 4.12. The first kappa shape index (κ1) is 15.3. The van der Waals surface area contributed by atoms with Crippen molar-refractivity contribution in [2.45, 2.75) is 26.3 Å². The summed E-state index contributed by atoms with van der Waals surface area (Å²) in [5.74, 6) is 0.0258. The number of nitrogens with zero attached hydrogens (tertiary/aromatic N) is 1. The van der Waals surface area contributed by atoms with Gasteiger partial charge < -0.3 is 9.88 Å². The normalized spacial score (nSPS) is 10.8. The third kappa shape index (κ3) is 3.81. The van der Waals surface area contributed by atoms with Crippen molar-refractivity contribution >= 4 is 16.8 Å². The van der Waals surface area contributed by atoms with Crippen LogP contribution in [-0.2, 0) is 24.2 Å². The molecule has 3 heteroatoms. The van der Waals surface area contributed by atoms with Gasteiger partial charge in [0.2, 0.25) is 5.91 Å². The van der Waals surface area contributed by atoms with Crippen LogP contribution in [0.2, 0.25) is 0 Å². The zero-order valence-corrected chi connectivity index (χ0v) is 13.5. The van der Waals surface area contributed by atoms with Crippen LogP contribution < -0.4 is 5.32 Å². The first-order valence-corrected chi connectivity index (χ1v) is 8.09. The van der Waals surface area contributed by atoms with Gasteiger partial charge in [0.1, 0.15) is 0 Å². The smallest absolute Gasteiger partial charge is 0.216 e. The number of fused-ring (bicyclic) bond motifs is 1. The monoisotopic (exact) mass is 306 g/mol. The van der Waals surface area contributed by atoms with E-state index in [0.717, 1.165) is 19.4 Å². The van der Waals surface area contributed by atoms with Crippen LogP contribution in [0.15, 0.2) is 60.8 Å². The lowest BCUT2D eigenvalue weighted by atomic mass is 10.1. The molecule has 0 aliphatic heterocycles. The van der Waals surface area contributed by atoms with Crippen LogP contribution in [0.3, 0.4) is 0 Å². The first-order valence-electron chi connectivity index (χ1n) is 8.09. The van der Waals surface area contributed by atoms with E-state index in [2.05, 4.69) is 70.7 Å². The molecule has 3 nitrogen and oxygen atoms in total. The second-order valence-corrected chi connectivity index (χ2v) is 5.83. The highest BCUT2D eigenvalue weighted by atomic mass is 16.1. The Balaban J connectivity index is 1.78. The van der Waals surface area contributed by atoms with E-state index in [9.17, 15) is 4.79 Å². The van der Waals surface area contributed by atoms with Crippen molar-refractivity contribution in [2.75, 3.05) is 6.54 Å². The van der Waals surface area contributed by atoms with Gasteiger partial charge in [-0.05, 0) is 30.0 Å². The van der Waals surface area contributed by atoms with Gasteiger partial charge in [0, 0.05) is 37.1 Å². The van der Waals surface area contributed by atoms with Gasteiger partial charge in [-0.3, -0.25) is 4.79 Å². The molecular formula is C20H22N2O. The van der Waals surface area contributed by atoms with Crippen molar-refractivity contribution in [3.8, 4) is 0 Å². The summed E-state index contributed by atoms with van der Waals surface area (Å²) in [6.07, 6.45) is 4.11. The van der Waals surface area contributed by atoms with E-state index in [-0.39, 0.29) is 5.91 Å². The highest BCUT2D eigenvalue weighted by molar-refractivity contribution is 5.84. The fraction of sp³-hybridized carbons (Fsp3) is 0.250. The molecule has 0 atom stereocenters. The van der Waals surface area contributed by atoms with E-state index in [1.54, 1.807) is 6.92 Å². The number of aromatic nitrogens is 1. The molecule has 0 spiro atoms. The van der Waals surface area contributed by atoms with Crippen molar-refractivity contribution < 1.29 is 4.79 Å². The molecular weight excluding hydrogens is 284 g/mol. The van der Waals surface area contributed by atoms with Crippen LogP contribution >= 0.6 is 0 Å². The molecule has 1 aromatic heterocycles. The quantitative estimate of drug-likeness (QED) is 0.742. The van der Waals surface area contributed by atoms with E-state index < -0.39 is 0 Å². The molecule has 0 aliphatic rings. The topological polar surface area (TPSA) is 34.0 Å². The fourth-order valence-corrected chi connectivity index (χ4v) is 2.97. The summed E-state index contributed by atoms with van der Waals surface area (Å²) in [7, 11) is 0. The van der Waals surface area contributed by atoms with Gasteiger partial charge in [-0.1, -0.05) is 48.5 Å². The molecule has 0 radical (unpaired) electrons. The third-order valence-corrected chi connectivity index (χ3v) is 4.12. The van der Waals surface area contributed by atoms with Gasteiger partial charge in [0.15, 0.2) is 0 Å². The van der Waals surface area contributed by atoms with Crippen LogP contribution in [0.4, 0.5) is 0 Å². The summed E-state index contributed by atoms with van der Waals surface area (Å²) in [6.45, 7) is 3.20. The number of aryl methyl sites for hydroxylation is 2. The zero-order chi connectivity index (χ0) is 16.1. The van der Waals surface area contributed by atoms with Crippen molar-refractivity contribution in [1.82, 2.24) is 9.88 Å². The minimum atomic E-state index is 0.0258. The molecule has 1 amide bonds. The maximum Gasteiger partial charge on any atom is 0.216 e. The Hall–Kier alpha value is -2.55. The molecule has 118 valence electrons. The Morgan fingerprint density at radius 1 is 1.00 bits per heavy atom. The predicted molar refractivity (Wildman–Crippen MR) is 94.5 cm³/mol. The van der Waals surface area contributed by atoms with Crippen LogP contribution in [0.5, 0.6) is 0 Å². The number of hydrogen-bond donors (Lipinski definition) is 1. The van der Waals surface area contributed by atoms with Gasteiger partial charge in [-0.15, -0.1) is 0 Å². The van der Waals surface area contributed by atoms with Gasteiger partial charge in [0.25, 0.3) is 0 Å². The van der Waals surface area contributed by atoms with Crippen LogP contribution in [0, 0.1) is 0 Å². The van der Waals surface area contributed by atoms with E-state index in [0.29, 0.717) is 6.54 Å². The number of para-hydroxylation sites is 1. The minimum Gasteiger partial charge on any atom is -0.356 e. The molecule has 0 saturated carbocycles. The zero-order valence-electron chi connectivity index (χ0n) is 13.5. The average Bonchev–Trinajstić information content (AvgIpc) is 2.92. The number of nitrogens with one attached hydrogen (secondary N) is 1. The van der Waals surface area contributed by atoms with Gasteiger partial charge in [-0.2, -0.15) is 0 Å². The largest absolute Gasteiger partial charge is 0.356 e. The Kier molecular flexibility index (Phi) is 4.77. The summed E-state index contributed by atoms with van der Waals surface area (Å²) in [4.78, 5) is 11.0. The van der Waals surface area contributed by atoms with E-state index in [1.165, 1.54) is 22.0 Å². The molecule has 3 aromatic rings. The number of carbonyl (C=O) groups excluding carboxylic acids is 1. The molecule has 0 aliphatic carbocycles. The van der Waals surface area contributed by atoms with Crippen molar-refractivity contribution in [3.63, 3.8) is 0 Å². The lowest BCUT2D eigenvalue weighted by Gasteiger charge is -2.05. The first-order chi connectivity index (χ1) is 11.2. The summed E-state index contributed by atoms with van der Waals surface area (Å²) < 4.78 is 2.32. The number of amides is 1. The molecule has 0 unspecified atom stereocenters. The van der Waals surface area contributed by atoms with Crippen molar-refractivity contribution in [3.05, 3.63) is 71.9 Å². The van der Waals surface area contributed by atoms with Crippen LogP contribution in [0.1, 0.15) is 18.1 Å². The Morgan fingerprint density at radius 2 is 1.74 bits per heavy atom. The van der Waals surface area contributed by atoms with Gasteiger partial charge in [0.05, 0.1) is 0 Å². The maximum atomic E-state index is 11.0. The van der Waals surface area contributed by atoms with Crippen LogP contribution in [-0.4, -0.2) is 17.0 Å². The summed E-state index contributed by atoms with van der Waals surface area (Å²) in [5, 5.41) is 4.16. The SMILES string of the molecule is CC(=O)NCCc1cn(CCc2ccccc2)c2ccccc12. The summed E-state index contributed by atoms with van der Waals surface area (Å²) >= 11 is 0. The molecule has 0 fully saturated rings. The Bertz CT molecular complexity index is 790. The van der Waals surface area contributed by atoms with Gasteiger partial charge >= 0.3 is 0 Å². The number of rotatable bonds is 6. The number of benzene rings is 2. The molecule has 0 saturated heterocycles. The van der Waals surface area contributed by atoms with E-state index in [1.807, 2.05) is 0 Å². The maximum absolute atomic E-state index is 11.0. The molecule has 1 N–H and O–H groups in total. The average molecular weight is 306 g/mol. The minimum absolute atomic E-state index is 0.0258. The summed E-state index contributed by atoms with van der Waals surface area (Å²) in [6, 6.07) is 19.1. The molecule has 2 aromatic carbocycles. The second kappa shape index (κ2) is 7.14. The van der Waals surface area contributed by atoms with Crippen LogP contribution in [0.25, 0.3) is 10.9 Å². The molecule has 0 bridgehead atoms. The van der Waals surface area contributed by atoms with Crippen molar-refractivity contribution in [1.29, 1.82) is 0 Å². The van der Waals surface area contributed by atoms with Gasteiger partial charge in [-0.25, -0.2) is 0 Å². The molecule has 23 heavy (non-hydrogen) atoms. The Labute approximate surface area is 136 Å². The lowest BCUT2D eigenvalue weighted by Crippen LogP contribution is -2.22. The molecule has 3 rings (SSSR count). The molecule has 1 heterocycles. The standard InChI is InChI=1S/C20H22N2O/c1-16(23)21-13-11-18-15-22(20-10-6-5-9-19(18)20)14-12-17-7-3-2-4-8-17/h2-10,15H,11-14H2,1H3,(H,21,23). The number of carbonyl (C=O) groups is 1. The fourth-order valence-electron chi connectivity index (χ4n) is 2.97. The Morgan fingerprint density at radius 3 is 2.52 bits per heavy atom. The lowest BCUT2D eigenvalue weighted by molar-refractivity contribution is -0.118. The van der Waals surface area contributed by atoms with Crippen molar-refractivity contribution in [2.24, 2.45) is 0 Å². The highest BCUT2D eigenvalue weighted by Gasteiger charge is 2.08. The predicted octanol–water partition coefficient (Wildman–Crippen LogP) is 3.56.